The summed E-state index contributed by atoms with van der Waals surface area (Å²) in [6.45, 7) is 3.95. The van der Waals surface area contributed by atoms with Gasteiger partial charge in [0.1, 0.15) is 0 Å². The first kappa shape index (κ1) is 8.50. The standard InChI is InChI=1S/C11H11N/c1-6-10-8(3)12(5)9(4)11(10)7-2/h1-2H,3-5H3. The van der Waals surface area contributed by atoms with Crippen LogP contribution in [0, 0.1) is 38.5 Å². The fourth-order valence-corrected chi connectivity index (χ4v) is 1.30. The Morgan fingerprint density at radius 3 is 1.58 bits per heavy atom. The van der Waals surface area contributed by atoms with Crippen LogP contribution in [-0.2, 0) is 7.05 Å². The van der Waals surface area contributed by atoms with Crippen molar-refractivity contribution in [1.82, 2.24) is 4.57 Å². The molecule has 0 N–H and O–H groups in total. The molecule has 0 amide bonds. The number of terminal acetylenes is 2. The van der Waals surface area contributed by atoms with Crippen molar-refractivity contribution < 1.29 is 0 Å². The molecule has 1 heterocycles. The molecule has 1 heteroatoms. The summed E-state index contributed by atoms with van der Waals surface area (Å²) in [5.41, 5.74) is 3.81. The predicted octanol–water partition coefficient (Wildman–Crippen LogP) is 1.60. The Kier molecular flexibility index (Phi) is 1.98. The van der Waals surface area contributed by atoms with Crippen molar-refractivity contribution in [3.05, 3.63) is 22.5 Å². The van der Waals surface area contributed by atoms with Gasteiger partial charge in [-0.05, 0) is 13.8 Å². The van der Waals surface area contributed by atoms with Crippen LogP contribution in [0.5, 0.6) is 0 Å². The van der Waals surface area contributed by atoms with Crippen molar-refractivity contribution in [2.24, 2.45) is 7.05 Å². The van der Waals surface area contributed by atoms with E-state index in [2.05, 4.69) is 11.8 Å². The van der Waals surface area contributed by atoms with Gasteiger partial charge in [-0.2, -0.15) is 0 Å². The lowest BCUT2D eigenvalue weighted by atomic mass is 10.1. The topological polar surface area (TPSA) is 4.93 Å². The van der Waals surface area contributed by atoms with E-state index in [4.69, 9.17) is 12.8 Å². The van der Waals surface area contributed by atoms with E-state index in [1.165, 1.54) is 0 Å². The summed E-state index contributed by atoms with van der Waals surface area (Å²) in [6.07, 6.45) is 10.7. The molecule has 0 aliphatic carbocycles. The lowest BCUT2D eigenvalue weighted by Crippen LogP contribution is -1.93. The minimum atomic E-state index is 0.845. The second-order valence-corrected chi connectivity index (χ2v) is 2.77. The quantitative estimate of drug-likeness (QED) is 0.504. The summed E-state index contributed by atoms with van der Waals surface area (Å²) in [4.78, 5) is 0. The Hall–Kier alpha value is -1.60. The van der Waals surface area contributed by atoms with Crippen LogP contribution in [0.4, 0.5) is 0 Å². The van der Waals surface area contributed by atoms with Crippen LogP contribution >= 0.6 is 0 Å². The Morgan fingerprint density at radius 1 is 1.00 bits per heavy atom. The van der Waals surface area contributed by atoms with Gasteiger partial charge in [0, 0.05) is 18.4 Å². The third kappa shape index (κ3) is 0.917. The molecule has 0 fully saturated rings. The average Bonchev–Trinajstić information content (AvgIpc) is 2.29. The Balaban J connectivity index is 3.61. The number of aromatic nitrogens is 1. The highest BCUT2D eigenvalue weighted by Gasteiger charge is 2.10. The molecule has 0 aliphatic heterocycles. The van der Waals surface area contributed by atoms with Crippen molar-refractivity contribution in [2.45, 2.75) is 13.8 Å². The first-order chi connectivity index (χ1) is 5.63. The Morgan fingerprint density at radius 2 is 1.33 bits per heavy atom. The number of rotatable bonds is 0. The minimum Gasteiger partial charge on any atom is -0.350 e. The van der Waals surface area contributed by atoms with Crippen LogP contribution in [0.15, 0.2) is 0 Å². The summed E-state index contributed by atoms with van der Waals surface area (Å²) < 4.78 is 2.02. The van der Waals surface area contributed by atoms with Crippen LogP contribution in [0.2, 0.25) is 0 Å². The zero-order valence-electron chi connectivity index (χ0n) is 7.60. The normalized spacial score (nSPS) is 9.08. The van der Waals surface area contributed by atoms with Gasteiger partial charge in [0.2, 0.25) is 0 Å². The third-order valence-electron chi connectivity index (χ3n) is 2.27. The monoisotopic (exact) mass is 157 g/mol. The van der Waals surface area contributed by atoms with E-state index in [0.717, 1.165) is 22.5 Å². The van der Waals surface area contributed by atoms with Gasteiger partial charge < -0.3 is 4.57 Å². The van der Waals surface area contributed by atoms with Gasteiger partial charge >= 0.3 is 0 Å². The molecule has 0 saturated heterocycles. The number of hydrogen-bond donors (Lipinski definition) is 0. The fourth-order valence-electron chi connectivity index (χ4n) is 1.30. The van der Waals surface area contributed by atoms with Crippen LogP contribution < -0.4 is 0 Å². The summed E-state index contributed by atoms with van der Waals surface area (Å²) in [6, 6.07) is 0. The predicted molar refractivity (Wildman–Crippen MR) is 50.8 cm³/mol. The molecule has 1 nitrogen and oxygen atoms in total. The molecule has 0 aromatic carbocycles. The molecule has 1 rings (SSSR count). The van der Waals surface area contributed by atoms with E-state index in [1.54, 1.807) is 0 Å². The van der Waals surface area contributed by atoms with Crippen LogP contribution in [0.1, 0.15) is 22.5 Å². The smallest absolute Gasteiger partial charge is 0.0608 e. The highest BCUT2D eigenvalue weighted by atomic mass is 15.0. The van der Waals surface area contributed by atoms with E-state index in [-0.39, 0.29) is 0 Å². The van der Waals surface area contributed by atoms with Crippen LogP contribution in [-0.4, -0.2) is 4.57 Å². The van der Waals surface area contributed by atoms with Gasteiger partial charge in [-0.15, -0.1) is 12.8 Å². The summed E-state index contributed by atoms with van der Waals surface area (Å²) >= 11 is 0. The highest BCUT2D eigenvalue weighted by molar-refractivity contribution is 5.55. The molecule has 1 aromatic heterocycles. The summed E-state index contributed by atoms with van der Waals surface area (Å²) in [7, 11) is 1.96. The van der Waals surface area contributed by atoms with Gasteiger partial charge in [0.25, 0.3) is 0 Å². The fraction of sp³-hybridized carbons (Fsp3) is 0.273. The van der Waals surface area contributed by atoms with E-state index >= 15 is 0 Å². The van der Waals surface area contributed by atoms with Crippen molar-refractivity contribution in [2.75, 3.05) is 0 Å². The molecule has 0 bridgehead atoms. The van der Waals surface area contributed by atoms with Gasteiger partial charge in [0.05, 0.1) is 11.1 Å². The molecular weight excluding hydrogens is 146 g/mol. The van der Waals surface area contributed by atoms with E-state index < -0.39 is 0 Å². The van der Waals surface area contributed by atoms with Gasteiger partial charge in [-0.3, -0.25) is 0 Å². The van der Waals surface area contributed by atoms with E-state index in [1.807, 2.05) is 25.5 Å². The summed E-state index contributed by atoms with van der Waals surface area (Å²) in [5, 5.41) is 0. The largest absolute Gasteiger partial charge is 0.350 e. The van der Waals surface area contributed by atoms with Crippen LogP contribution in [0.25, 0.3) is 0 Å². The molecular formula is C11H11N. The average molecular weight is 157 g/mol. The Bertz CT molecular complexity index is 357. The molecule has 1 aromatic rings. The van der Waals surface area contributed by atoms with Crippen LogP contribution in [0.3, 0.4) is 0 Å². The molecule has 0 unspecified atom stereocenters. The molecule has 0 aliphatic rings. The van der Waals surface area contributed by atoms with E-state index in [0.29, 0.717) is 0 Å². The second-order valence-electron chi connectivity index (χ2n) is 2.77. The minimum absolute atomic E-state index is 0.845. The number of nitrogens with zero attached hydrogens (tertiary/aromatic N) is 1. The van der Waals surface area contributed by atoms with Crippen molar-refractivity contribution >= 4 is 0 Å². The zero-order chi connectivity index (χ0) is 9.30. The van der Waals surface area contributed by atoms with E-state index in [9.17, 15) is 0 Å². The number of hydrogen-bond acceptors (Lipinski definition) is 0. The first-order valence-corrected chi connectivity index (χ1v) is 3.72. The zero-order valence-corrected chi connectivity index (χ0v) is 7.60. The maximum Gasteiger partial charge on any atom is 0.0608 e. The molecule has 0 radical (unpaired) electrons. The van der Waals surface area contributed by atoms with Gasteiger partial charge in [-0.25, -0.2) is 0 Å². The van der Waals surface area contributed by atoms with Gasteiger partial charge in [-0.1, -0.05) is 11.8 Å². The third-order valence-corrected chi connectivity index (χ3v) is 2.27. The Labute approximate surface area is 73.4 Å². The molecule has 0 spiro atoms. The van der Waals surface area contributed by atoms with Gasteiger partial charge in [0.15, 0.2) is 0 Å². The molecule has 60 valence electrons. The van der Waals surface area contributed by atoms with Crippen molar-refractivity contribution in [3.8, 4) is 24.7 Å². The molecule has 0 saturated carbocycles. The lowest BCUT2D eigenvalue weighted by Gasteiger charge is -1.97. The maximum atomic E-state index is 5.35. The SMILES string of the molecule is C#Cc1c(C#C)c(C)n(C)c1C. The lowest BCUT2D eigenvalue weighted by molar-refractivity contribution is 0.842. The molecule has 12 heavy (non-hydrogen) atoms. The summed E-state index contributed by atoms with van der Waals surface area (Å²) in [5.74, 6) is 5.23. The maximum absolute atomic E-state index is 5.35. The van der Waals surface area contributed by atoms with Crippen molar-refractivity contribution in [1.29, 1.82) is 0 Å². The second kappa shape index (κ2) is 2.80. The molecule has 0 atom stereocenters. The first-order valence-electron chi connectivity index (χ1n) is 3.72. The van der Waals surface area contributed by atoms with Crippen molar-refractivity contribution in [3.63, 3.8) is 0 Å². The highest BCUT2D eigenvalue weighted by Crippen LogP contribution is 2.18.